The van der Waals surface area contributed by atoms with Gasteiger partial charge in [0.1, 0.15) is 0 Å². The minimum absolute atomic E-state index is 0.157. The summed E-state index contributed by atoms with van der Waals surface area (Å²) in [4.78, 5) is 0. The van der Waals surface area contributed by atoms with Crippen molar-refractivity contribution in [1.82, 2.24) is 0 Å². The molecule has 0 saturated carbocycles. The van der Waals surface area contributed by atoms with Gasteiger partial charge >= 0.3 is 0 Å². The molecule has 17 heavy (non-hydrogen) atoms. The van der Waals surface area contributed by atoms with Crippen molar-refractivity contribution in [2.45, 2.75) is 13.0 Å². The first-order valence-electron chi connectivity index (χ1n) is 5.43. The summed E-state index contributed by atoms with van der Waals surface area (Å²) in [5.41, 5.74) is 6.52. The Morgan fingerprint density at radius 2 is 1.94 bits per heavy atom. The van der Waals surface area contributed by atoms with Gasteiger partial charge in [0.05, 0.1) is 33.5 Å². The van der Waals surface area contributed by atoms with Gasteiger partial charge in [-0.1, -0.05) is 0 Å². The molecule has 3 N–H and O–H groups in total. The predicted octanol–water partition coefficient (Wildman–Crippen LogP) is 1.09. The van der Waals surface area contributed by atoms with Crippen molar-refractivity contribution in [3.05, 3.63) is 17.7 Å². The Labute approximate surface area is 101 Å². The Kier molecular flexibility index (Phi) is 5.06. The molecule has 1 rings (SSSR count). The number of hydrogen-bond donors (Lipinski definition) is 2. The zero-order valence-electron chi connectivity index (χ0n) is 10.4. The molecule has 1 atom stereocenters. The highest BCUT2D eigenvalue weighted by Crippen LogP contribution is 2.41. The standard InChI is InChI=1S/C12H19NO4/c1-4-17-11-8(9(13)7-14)5-6-10(15-2)12(11)16-3/h5-6,9,14H,4,7,13H2,1-3H3. The fourth-order valence-electron chi connectivity index (χ4n) is 1.60. The van der Waals surface area contributed by atoms with Crippen LogP contribution >= 0.6 is 0 Å². The number of nitrogens with two attached hydrogens (primary N) is 1. The molecule has 0 fully saturated rings. The zero-order chi connectivity index (χ0) is 12.8. The molecule has 1 unspecified atom stereocenters. The van der Waals surface area contributed by atoms with Crippen LogP contribution in [0.5, 0.6) is 17.2 Å². The largest absolute Gasteiger partial charge is 0.493 e. The molecule has 1 aromatic rings. The van der Waals surface area contributed by atoms with Crippen LogP contribution in [-0.2, 0) is 0 Å². The van der Waals surface area contributed by atoms with Crippen molar-refractivity contribution in [2.75, 3.05) is 27.4 Å². The first kappa shape index (κ1) is 13.6. The molecule has 5 nitrogen and oxygen atoms in total. The van der Waals surface area contributed by atoms with Gasteiger partial charge in [-0.25, -0.2) is 0 Å². The SMILES string of the molecule is CCOc1c(C(N)CO)ccc(OC)c1OC. The van der Waals surface area contributed by atoms with Crippen LogP contribution in [0.15, 0.2) is 12.1 Å². The molecule has 0 radical (unpaired) electrons. The lowest BCUT2D eigenvalue weighted by Crippen LogP contribution is -2.16. The molecular weight excluding hydrogens is 222 g/mol. The third kappa shape index (κ3) is 2.81. The van der Waals surface area contributed by atoms with E-state index in [1.165, 1.54) is 7.11 Å². The lowest BCUT2D eigenvalue weighted by molar-refractivity contribution is 0.256. The summed E-state index contributed by atoms with van der Waals surface area (Å²) in [6.07, 6.45) is 0. The summed E-state index contributed by atoms with van der Waals surface area (Å²) in [5, 5.41) is 9.12. The summed E-state index contributed by atoms with van der Waals surface area (Å²) >= 11 is 0. The normalized spacial score (nSPS) is 12.1. The minimum Gasteiger partial charge on any atom is -0.493 e. The Morgan fingerprint density at radius 3 is 2.41 bits per heavy atom. The molecule has 1 aromatic carbocycles. The summed E-state index contributed by atoms with van der Waals surface area (Å²) in [7, 11) is 3.09. The Balaban J connectivity index is 3.30. The highest BCUT2D eigenvalue weighted by atomic mass is 16.5. The van der Waals surface area contributed by atoms with E-state index >= 15 is 0 Å². The fourth-order valence-corrected chi connectivity index (χ4v) is 1.60. The maximum absolute atomic E-state index is 9.12. The monoisotopic (exact) mass is 241 g/mol. The van der Waals surface area contributed by atoms with Gasteiger partial charge in [-0.2, -0.15) is 0 Å². The van der Waals surface area contributed by atoms with Crippen molar-refractivity contribution in [3.8, 4) is 17.2 Å². The maximum atomic E-state index is 9.12. The van der Waals surface area contributed by atoms with Gasteiger partial charge in [0.25, 0.3) is 0 Å². The first-order chi connectivity index (χ1) is 8.19. The van der Waals surface area contributed by atoms with E-state index in [4.69, 9.17) is 25.1 Å². The molecular formula is C12H19NO4. The predicted molar refractivity (Wildman–Crippen MR) is 64.7 cm³/mol. The second-order valence-corrected chi connectivity index (χ2v) is 3.44. The average molecular weight is 241 g/mol. The molecule has 0 heterocycles. The quantitative estimate of drug-likeness (QED) is 0.780. The van der Waals surface area contributed by atoms with E-state index in [9.17, 15) is 0 Å². The lowest BCUT2D eigenvalue weighted by atomic mass is 10.1. The number of hydrogen-bond acceptors (Lipinski definition) is 5. The van der Waals surface area contributed by atoms with Crippen LogP contribution in [0.25, 0.3) is 0 Å². The van der Waals surface area contributed by atoms with Gasteiger partial charge in [0, 0.05) is 5.56 Å². The first-order valence-corrected chi connectivity index (χ1v) is 5.43. The van der Waals surface area contributed by atoms with Gasteiger partial charge in [-0.3, -0.25) is 0 Å². The molecule has 0 bridgehead atoms. The molecule has 96 valence electrons. The van der Waals surface area contributed by atoms with E-state index in [1.807, 2.05) is 6.92 Å². The van der Waals surface area contributed by atoms with Crippen LogP contribution in [0.2, 0.25) is 0 Å². The maximum Gasteiger partial charge on any atom is 0.203 e. The van der Waals surface area contributed by atoms with Crippen molar-refractivity contribution in [2.24, 2.45) is 5.73 Å². The zero-order valence-corrected chi connectivity index (χ0v) is 10.4. The minimum atomic E-state index is -0.503. The summed E-state index contributed by atoms with van der Waals surface area (Å²) < 4.78 is 16.0. The van der Waals surface area contributed by atoms with E-state index in [0.29, 0.717) is 29.4 Å². The molecule has 0 aliphatic rings. The van der Waals surface area contributed by atoms with E-state index in [1.54, 1.807) is 19.2 Å². The smallest absolute Gasteiger partial charge is 0.203 e. The van der Waals surface area contributed by atoms with E-state index in [-0.39, 0.29) is 6.61 Å². The summed E-state index contributed by atoms with van der Waals surface area (Å²) in [6.45, 7) is 2.19. The Bertz CT molecular complexity index is 368. The topological polar surface area (TPSA) is 73.9 Å². The molecule has 0 saturated heterocycles. The van der Waals surface area contributed by atoms with Crippen LogP contribution < -0.4 is 19.9 Å². The van der Waals surface area contributed by atoms with Gasteiger partial charge in [0.2, 0.25) is 5.75 Å². The van der Waals surface area contributed by atoms with Crippen LogP contribution in [0.1, 0.15) is 18.5 Å². The number of methoxy groups -OCH3 is 2. The summed E-state index contributed by atoms with van der Waals surface area (Å²) in [5.74, 6) is 1.59. The fraction of sp³-hybridized carbons (Fsp3) is 0.500. The lowest BCUT2D eigenvalue weighted by Gasteiger charge is -2.19. The van der Waals surface area contributed by atoms with Gasteiger partial charge in [-0.15, -0.1) is 0 Å². The van der Waals surface area contributed by atoms with E-state index in [0.717, 1.165) is 0 Å². The molecule has 5 heteroatoms. The van der Waals surface area contributed by atoms with Crippen LogP contribution in [-0.4, -0.2) is 32.5 Å². The van der Waals surface area contributed by atoms with Crippen molar-refractivity contribution in [1.29, 1.82) is 0 Å². The second kappa shape index (κ2) is 6.32. The number of aliphatic hydroxyl groups excluding tert-OH is 1. The van der Waals surface area contributed by atoms with Crippen LogP contribution in [0.3, 0.4) is 0 Å². The molecule has 0 aliphatic heterocycles. The van der Waals surface area contributed by atoms with Crippen molar-refractivity contribution >= 4 is 0 Å². The molecule has 0 spiro atoms. The van der Waals surface area contributed by atoms with Crippen molar-refractivity contribution < 1.29 is 19.3 Å². The second-order valence-electron chi connectivity index (χ2n) is 3.44. The van der Waals surface area contributed by atoms with E-state index < -0.39 is 6.04 Å². The highest BCUT2D eigenvalue weighted by Gasteiger charge is 2.19. The Morgan fingerprint density at radius 1 is 1.24 bits per heavy atom. The van der Waals surface area contributed by atoms with Crippen molar-refractivity contribution in [3.63, 3.8) is 0 Å². The number of ether oxygens (including phenoxy) is 3. The van der Waals surface area contributed by atoms with Crippen LogP contribution in [0, 0.1) is 0 Å². The van der Waals surface area contributed by atoms with Gasteiger partial charge in [0.15, 0.2) is 11.5 Å². The third-order valence-corrected chi connectivity index (χ3v) is 2.42. The average Bonchev–Trinajstić information content (AvgIpc) is 2.37. The van der Waals surface area contributed by atoms with Gasteiger partial charge in [-0.05, 0) is 19.1 Å². The Hall–Kier alpha value is -1.46. The summed E-state index contributed by atoms with van der Waals surface area (Å²) in [6, 6.07) is 3.01. The van der Waals surface area contributed by atoms with Crippen LogP contribution in [0.4, 0.5) is 0 Å². The highest BCUT2D eigenvalue weighted by molar-refractivity contribution is 5.56. The number of benzene rings is 1. The van der Waals surface area contributed by atoms with Gasteiger partial charge < -0.3 is 25.1 Å². The molecule has 0 aromatic heterocycles. The van der Waals surface area contributed by atoms with E-state index in [2.05, 4.69) is 0 Å². The third-order valence-electron chi connectivity index (χ3n) is 2.42. The molecule has 0 amide bonds. The number of aliphatic hydroxyl groups is 1. The molecule has 0 aliphatic carbocycles. The number of rotatable bonds is 6.